The summed E-state index contributed by atoms with van der Waals surface area (Å²) in [6, 6.07) is 8.27. The lowest BCUT2D eigenvalue weighted by atomic mass is 9.89. The monoisotopic (exact) mass is 274 g/mol. The Bertz CT molecular complexity index is 400. The average Bonchev–Trinajstić information content (AvgIpc) is 2.67. The number of hydrogen-bond acceptors (Lipinski definition) is 2. The lowest BCUT2D eigenvalue weighted by Crippen LogP contribution is -2.26. The molecule has 1 aromatic rings. The maximum absolute atomic E-state index is 6.00. The molecule has 1 fully saturated rings. The second-order valence-electron chi connectivity index (χ2n) is 6.58. The highest BCUT2D eigenvalue weighted by Crippen LogP contribution is 2.24. The molecule has 1 unspecified atom stereocenters. The summed E-state index contributed by atoms with van der Waals surface area (Å²) < 4.78 is 0. The molecule has 1 heterocycles. The van der Waals surface area contributed by atoms with E-state index in [0.717, 1.165) is 23.9 Å². The van der Waals surface area contributed by atoms with Gasteiger partial charge < -0.3 is 10.6 Å². The molecule has 1 saturated heterocycles. The van der Waals surface area contributed by atoms with Crippen LogP contribution in [0.4, 0.5) is 5.69 Å². The van der Waals surface area contributed by atoms with Gasteiger partial charge in [-0.1, -0.05) is 32.0 Å². The second kappa shape index (κ2) is 7.68. The zero-order valence-corrected chi connectivity index (χ0v) is 13.1. The molecule has 0 aromatic heterocycles. The van der Waals surface area contributed by atoms with Gasteiger partial charge >= 0.3 is 0 Å². The summed E-state index contributed by atoms with van der Waals surface area (Å²) in [6.07, 6.45) is 6.50. The van der Waals surface area contributed by atoms with Crippen LogP contribution in [0, 0.1) is 11.8 Å². The minimum absolute atomic E-state index is 0.846. The molecule has 2 rings (SSSR count). The molecule has 1 atom stereocenters. The molecule has 0 bridgehead atoms. The fourth-order valence-corrected chi connectivity index (χ4v) is 3.33. The fraction of sp³-hybridized carbons (Fsp3) is 0.667. The molecule has 0 amide bonds. The number of rotatable bonds is 5. The molecule has 112 valence electrons. The van der Waals surface area contributed by atoms with Crippen LogP contribution in [-0.2, 0) is 6.42 Å². The van der Waals surface area contributed by atoms with Gasteiger partial charge in [0.15, 0.2) is 0 Å². The molecule has 2 heteroatoms. The molecule has 1 aliphatic rings. The maximum atomic E-state index is 6.00. The number of para-hydroxylation sites is 1. The highest BCUT2D eigenvalue weighted by atomic mass is 15.1. The van der Waals surface area contributed by atoms with Crippen LogP contribution < -0.4 is 5.73 Å². The van der Waals surface area contributed by atoms with E-state index in [1.54, 1.807) is 0 Å². The lowest BCUT2D eigenvalue weighted by molar-refractivity contribution is 0.269. The molecular weight excluding hydrogens is 244 g/mol. The minimum atomic E-state index is 0.846. The summed E-state index contributed by atoms with van der Waals surface area (Å²) in [6.45, 7) is 8.54. The summed E-state index contributed by atoms with van der Waals surface area (Å²) in [5, 5.41) is 0. The van der Waals surface area contributed by atoms with Crippen molar-refractivity contribution in [3.8, 4) is 0 Å². The number of anilines is 1. The third-order valence-electron chi connectivity index (χ3n) is 4.78. The summed E-state index contributed by atoms with van der Waals surface area (Å²) in [5.41, 5.74) is 8.26. The number of nitrogens with two attached hydrogens (primary N) is 1. The Morgan fingerprint density at radius 1 is 1.20 bits per heavy atom. The van der Waals surface area contributed by atoms with E-state index in [0.29, 0.717) is 0 Å². The Hall–Kier alpha value is -1.02. The quantitative estimate of drug-likeness (QED) is 0.824. The fourth-order valence-electron chi connectivity index (χ4n) is 3.33. The van der Waals surface area contributed by atoms with Gasteiger partial charge in [0.2, 0.25) is 0 Å². The van der Waals surface area contributed by atoms with Gasteiger partial charge in [0.25, 0.3) is 0 Å². The van der Waals surface area contributed by atoms with Crippen LogP contribution in [0.2, 0.25) is 0 Å². The normalized spacial score (nSPS) is 21.1. The van der Waals surface area contributed by atoms with Crippen LogP contribution in [0.1, 0.15) is 45.1 Å². The Morgan fingerprint density at radius 3 is 2.75 bits per heavy atom. The molecule has 2 N–H and O–H groups in total. The van der Waals surface area contributed by atoms with Crippen molar-refractivity contribution in [2.24, 2.45) is 11.8 Å². The lowest BCUT2D eigenvalue weighted by Gasteiger charge is -2.21. The highest BCUT2D eigenvalue weighted by Gasteiger charge is 2.19. The first-order valence-electron chi connectivity index (χ1n) is 8.22. The second-order valence-corrected chi connectivity index (χ2v) is 6.58. The van der Waals surface area contributed by atoms with E-state index >= 15 is 0 Å². The zero-order valence-electron chi connectivity index (χ0n) is 13.1. The summed E-state index contributed by atoms with van der Waals surface area (Å²) in [4.78, 5) is 2.65. The van der Waals surface area contributed by atoms with Gasteiger partial charge in [-0.2, -0.15) is 0 Å². The molecule has 0 spiro atoms. The smallest absolute Gasteiger partial charge is 0.0346 e. The Kier molecular flexibility index (Phi) is 5.90. The van der Waals surface area contributed by atoms with Crippen LogP contribution >= 0.6 is 0 Å². The largest absolute Gasteiger partial charge is 0.399 e. The third-order valence-corrected chi connectivity index (χ3v) is 4.78. The molecule has 1 aliphatic heterocycles. The Labute approximate surface area is 124 Å². The van der Waals surface area contributed by atoms with Crippen molar-refractivity contribution in [2.45, 2.75) is 46.0 Å². The van der Waals surface area contributed by atoms with Crippen LogP contribution in [0.25, 0.3) is 0 Å². The van der Waals surface area contributed by atoms with Gasteiger partial charge in [-0.3, -0.25) is 0 Å². The van der Waals surface area contributed by atoms with E-state index < -0.39 is 0 Å². The first kappa shape index (κ1) is 15.4. The minimum Gasteiger partial charge on any atom is -0.399 e. The zero-order chi connectivity index (χ0) is 14.4. The van der Waals surface area contributed by atoms with Crippen molar-refractivity contribution in [3.05, 3.63) is 29.8 Å². The van der Waals surface area contributed by atoms with E-state index in [1.807, 2.05) is 12.1 Å². The molecule has 20 heavy (non-hydrogen) atoms. The SMILES string of the molecule is CC(C)C1CCCN(CCCc2ccccc2N)CC1. The van der Waals surface area contributed by atoms with E-state index in [9.17, 15) is 0 Å². The summed E-state index contributed by atoms with van der Waals surface area (Å²) in [5.74, 6) is 1.78. The molecule has 1 aromatic carbocycles. The van der Waals surface area contributed by atoms with Crippen LogP contribution in [0.5, 0.6) is 0 Å². The van der Waals surface area contributed by atoms with Crippen LogP contribution in [0.15, 0.2) is 24.3 Å². The van der Waals surface area contributed by atoms with Crippen molar-refractivity contribution >= 4 is 5.69 Å². The summed E-state index contributed by atoms with van der Waals surface area (Å²) in [7, 11) is 0. The number of benzene rings is 1. The predicted molar refractivity (Wildman–Crippen MR) is 87.8 cm³/mol. The number of nitrogen functional groups attached to an aromatic ring is 1. The number of aryl methyl sites for hydroxylation is 1. The maximum Gasteiger partial charge on any atom is 0.0346 e. The number of nitrogens with zero attached hydrogens (tertiary/aromatic N) is 1. The van der Waals surface area contributed by atoms with Gasteiger partial charge in [0.05, 0.1) is 0 Å². The predicted octanol–water partition coefficient (Wildman–Crippen LogP) is 3.96. The van der Waals surface area contributed by atoms with E-state index in [-0.39, 0.29) is 0 Å². The van der Waals surface area contributed by atoms with Crippen molar-refractivity contribution in [1.82, 2.24) is 4.90 Å². The topological polar surface area (TPSA) is 29.3 Å². The molecule has 0 radical (unpaired) electrons. The van der Waals surface area contributed by atoms with E-state index in [4.69, 9.17) is 5.73 Å². The molecule has 0 saturated carbocycles. The van der Waals surface area contributed by atoms with E-state index in [2.05, 4.69) is 30.9 Å². The first-order chi connectivity index (χ1) is 9.66. The summed E-state index contributed by atoms with van der Waals surface area (Å²) >= 11 is 0. The molecular formula is C18H30N2. The van der Waals surface area contributed by atoms with Gasteiger partial charge in [0.1, 0.15) is 0 Å². The van der Waals surface area contributed by atoms with Crippen LogP contribution in [0.3, 0.4) is 0 Å². The molecule has 0 aliphatic carbocycles. The highest BCUT2D eigenvalue weighted by molar-refractivity contribution is 5.46. The van der Waals surface area contributed by atoms with Gasteiger partial charge in [0, 0.05) is 5.69 Å². The standard InChI is InChI=1S/C18H30N2/c1-15(2)16-8-5-12-20(14-11-16)13-6-9-17-7-3-4-10-18(17)19/h3-4,7,10,15-16H,5-6,8-9,11-14,19H2,1-2H3. The van der Waals surface area contributed by atoms with Gasteiger partial charge in [-0.25, -0.2) is 0 Å². The van der Waals surface area contributed by atoms with Crippen molar-refractivity contribution in [1.29, 1.82) is 0 Å². The first-order valence-corrected chi connectivity index (χ1v) is 8.22. The van der Waals surface area contributed by atoms with E-state index in [1.165, 1.54) is 50.9 Å². The van der Waals surface area contributed by atoms with Crippen LogP contribution in [-0.4, -0.2) is 24.5 Å². The van der Waals surface area contributed by atoms with Crippen molar-refractivity contribution in [3.63, 3.8) is 0 Å². The molecule has 2 nitrogen and oxygen atoms in total. The third kappa shape index (κ3) is 4.52. The van der Waals surface area contributed by atoms with Crippen molar-refractivity contribution in [2.75, 3.05) is 25.4 Å². The number of likely N-dealkylation sites (tertiary alicyclic amines) is 1. The van der Waals surface area contributed by atoms with Gasteiger partial charge in [-0.15, -0.1) is 0 Å². The Morgan fingerprint density at radius 2 is 2.00 bits per heavy atom. The van der Waals surface area contributed by atoms with Gasteiger partial charge in [-0.05, 0) is 75.2 Å². The number of hydrogen-bond donors (Lipinski definition) is 1. The van der Waals surface area contributed by atoms with Crippen molar-refractivity contribution < 1.29 is 0 Å². The Balaban J connectivity index is 1.73. The average molecular weight is 274 g/mol.